The molecule has 0 aliphatic carbocycles. The topological polar surface area (TPSA) is 40.6 Å². The van der Waals surface area contributed by atoms with Crippen LogP contribution >= 0.6 is 0 Å². The van der Waals surface area contributed by atoms with Crippen molar-refractivity contribution >= 4 is 17.5 Å². The minimum Gasteiger partial charge on any atom is -0.339 e. The number of para-hydroxylation sites is 1. The Morgan fingerprint density at radius 3 is 2.19 bits per heavy atom. The molecule has 27 heavy (non-hydrogen) atoms. The molecule has 2 aliphatic rings. The summed E-state index contributed by atoms with van der Waals surface area (Å²) < 4.78 is 0. The third-order valence-corrected chi connectivity index (χ3v) is 5.61. The number of aryl methyl sites for hydroxylation is 1. The first-order valence-electron chi connectivity index (χ1n) is 10.0. The highest BCUT2D eigenvalue weighted by Gasteiger charge is 2.24. The van der Waals surface area contributed by atoms with Gasteiger partial charge in [-0.2, -0.15) is 0 Å². The Morgan fingerprint density at radius 2 is 1.41 bits per heavy atom. The molecule has 2 amide bonds. The van der Waals surface area contributed by atoms with Crippen LogP contribution in [0.4, 0.5) is 5.69 Å². The Bertz CT molecular complexity index is 838. The van der Waals surface area contributed by atoms with Crippen molar-refractivity contribution < 1.29 is 9.59 Å². The van der Waals surface area contributed by atoms with Crippen LogP contribution < -0.4 is 4.90 Å². The lowest BCUT2D eigenvalue weighted by Gasteiger charge is -2.29. The SMILES string of the molecule is O=C(c1cccc(C(=O)N2CCCc3ccccc32)c1)N1CCCCCC1. The molecule has 0 N–H and O–H groups in total. The van der Waals surface area contributed by atoms with Crippen molar-refractivity contribution in [3.05, 3.63) is 65.2 Å². The third kappa shape index (κ3) is 3.75. The fourth-order valence-electron chi connectivity index (χ4n) is 4.14. The molecule has 4 nitrogen and oxygen atoms in total. The van der Waals surface area contributed by atoms with Gasteiger partial charge in [0.25, 0.3) is 11.8 Å². The van der Waals surface area contributed by atoms with Gasteiger partial charge in [-0.05, 0) is 55.5 Å². The van der Waals surface area contributed by atoms with E-state index in [-0.39, 0.29) is 11.8 Å². The lowest BCUT2D eigenvalue weighted by Crippen LogP contribution is -2.36. The Hall–Kier alpha value is -2.62. The van der Waals surface area contributed by atoms with Gasteiger partial charge in [0.15, 0.2) is 0 Å². The number of carbonyl (C=O) groups is 2. The highest BCUT2D eigenvalue weighted by Crippen LogP contribution is 2.28. The number of hydrogen-bond acceptors (Lipinski definition) is 2. The molecule has 4 heteroatoms. The van der Waals surface area contributed by atoms with Crippen LogP contribution in [0.2, 0.25) is 0 Å². The predicted octanol–water partition coefficient (Wildman–Crippen LogP) is 4.30. The van der Waals surface area contributed by atoms with E-state index in [2.05, 4.69) is 6.07 Å². The minimum absolute atomic E-state index is 0.0207. The van der Waals surface area contributed by atoms with Crippen LogP contribution in [0, 0.1) is 0 Å². The maximum absolute atomic E-state index is 13.2. The normalized spacial score (nSPS) is 17.2. The third-order valence-electron chi connectivity index (χ3n) is 5.61. The van der Waals surface area contributed by atoms with Crippen LogP contribution in [-0.2, 0) is 6.42 Å². The molecule has 0 atom stereocenters. The summed E-state index contributed by atoms with van der Waals surface area (Å²) in [5.74, 6) is 0.0262. The molecule has 2 aromatic rings. The van der Waals surface area contributed by atoms with Crippen LogP contribution in [0.15, 0.2) is 48.5 Å². The Kier molecular flexibility index (Phi) is 5.23. The van der Waals surface area contributed by atoms with Gasteiger partial charge >= 0.3 is 0 Å². The van der Waals surface area contributed by atoms with Gasteiger partial charge in [-0.25, -0.2) is 0 Å². The van der Waals surface area contributed by atoms with Crippen molar-refractivity contribution in [1.29, 1.82) is 0 Å². The first kappa shape index (κ1) is 17.8. The number of nitrogens with zero attached hydrogens (tertiary/aromatic N) is 2. The fraction of sp³-hybridized carbons (Fsp3) is 0.391. The fourth-order valence-corrected chi connectivity index (χ4v) is 4.14. The average molecular weight is 362 g/mol. The number of fused-ring (bicyclic) bond motifs is 1. The smallest absolute Gasteiger partial charge is 0.258 e. The Morgan fingerprint density at radius 1 is 0.704 bits per heavy atom. The van der Waals surface area contributed by atoms with E-state index in [0.717, 1.165) is 51.0 Å². The monoisotopic (exact) mass is 362 g/mol. The first-order valence-corrected chi connectivity index (χ1v) is 10.0. The van der Waals surface area contributed by atoms with E-state index in [1.807, 2.05) is 46.2 Å². The zero-order valence-corrected chi connectivity index (χ0v) is 15.7. The number of carbonyl (C=O) groups excluding carboxylic acids is 2. The van der Waals surface area contributed by atoms with Crippen LogP contribution in [0.3, 0.4) is 0 Å². The summed E-state index contributed by atoms with van der Waals surface area (Å²) in [5, 5.41) is 0. The standard InChI is InChI=1S/C23H26N2O2/c26-22(24-14-5-1-2-6-15-24)19-10-7-11-20(17-19)23(27)25-16-8-12-18-9-3-4-13-21(18)25/h3-4,7,9-11,13,17H,1-2,5-6,8,12,14-16H2. The van der Waals surface area contributed by atoms with E-state index in [4.69, 9.17) is 0 Å². The molecule has 0 saturated carbocycles. The van der Waals surface area contributed by atoms with E-state index >= 15 is 0 Å². The predicted molar refractivity (Wildman–Crippen MR) is 107 cm³/mol. The molecule has 1 fully saturated rings. The van der Waals surface area contributed by atoms with Gasteiger partial charge in [0.1, 0.15) is 0 Å². The lowest BCUT2D eigenvalue weighted by atomic mass is 10.0. The summed E-state index contributed by atoms with van der Waals surface area (Å²) in [7, 11) is 0. The molecule has 2 heterocycles. The molecule has 0 unspecified atom stereocenters. The van der Waals surface area contributed by atoms with E-state index in [1.54, 1.807) is 6.07 Å². The van der Waals surface area contributed by atoms with Gasteiger partial charge in [0, 0.05) is 36.4 Å². The summed E-state index contributed by atoms with van der Waals surface area (Å²) in [6.07, 6.45) is 6.49. The zero-order valence-electron chi connectivity index (χ0n) is 15.7. The highest BCUT2D eigenvalue weighted by atomic mass is 16.2. The minimum atomic E-state index is -0.0207. The zero-order chi connectivity index (χ0) is 18.6. The van der Waals surface area contributed by atoms with Gasteiger partial charge in [-0.3, -0.25) is 9.59 Å². The largest absolute Gasteiger partial charge is 0.339 e. The van der Waals surface area contributed by atoms with Crippen molar-refractivity contribution in [3.8, 4) is 0 Å². The van der Waals surface area contributed by atoms with E-state index in [0.29, 0.717) is 11.1 Å². The maximum atomic E-state index is 13.2. The van der Waals surface area contributed by atoms with Gasteiger partial charge in [0.05, 0.1) is 0 Å². The molecule has 0 bridgehead atoms. The van der Waals surface area contributed by atoms with E-state index < -0.39 is 0 Å². The molecular weight excluding hydrogens is 336 g/mol. The summed E-state index contributed by atoms with van der Waals surface area (Å²) in [6, 6.07) is 15.3. The lowest BCUT2D eigenvalue weighted by molar-refractivity contribution is 0.0761. The van der Waals surface area contributed by atoms with Crippen LogP contribution in [0.25, 0.3) is 0 Å². The van der Waals surface area contributed by atoms with Crippen LogP contribution in [-0.4, -0.2) is 36.3 Å². The number of rotatable bonds is 2. The summed E-state index contributed by atoms with van der Waals surface area (Å²) >= 11 is 0. The van der Waals surface area contributed by atoms with Crippen molar-refractivity contribution in [2.24, 2.45) is 0 Å². The molecule has 140 valence electrons. The van der Waals surface area contributed by atoms with Crippen LogP contribution in [0.5, 0.6) is 0 Å². The Balaban J connectivity index is 1.57. The average Bonchev–Trinajstić information content (AvgIpc) is 3.02. The number of anilines is 1. The number of hydrogen-bond donors (Lipinski definition) is 0. The van der Waals surface area contributed by atoms with Crippen molar-refractivity contribution in [2.75, 3.05) is 24.5 Å². The summed E-state index contributed by atoms with van der Waals surface area (Å²) in [6.45, 7) is 2.35. The second kappa shape index (κ2) is 7.95. The highest BCUT2D eigenvalue weighted by molar-refractivity contribution is 6.08. The summed E-state index contributed by atoms with van der Waals surface area (Å²) in [5.41, 5.74) is 3.42. The molecule has 2 aromatic carbocycles. The van der Waals surface area contributed by atoms with Crippen molar-refractivity contribution in [1.82, 2.24) is 4.90 Å². The first-order chi connectivity index (χ1) is 13.2. The second-order valence-corrected chi connectivity index (χ2v) is 7.48. The van der Waals surface area contributed by atoms with Gasteiger partial charge in [-0.15, -0.1) is 0 Å². The van der Waals surface area contributed by atoms with Crippen molar-refractivity contribution in [2.45, 2.75) is 38.5 Å². The number of benzene rings is 2. The van der Waals surface area contributed by atoms with Gasteiger partial charge < -0.3 is 9.80 Å². The van der Waals surface area contributed by atoms with Crippen molar-refractivity contribution in [3.63, 3.8) is 0 Å². The molecule has 0 aromatic heterocycles. The van der Waals surface area contributed by atoms with E-state index in [1.165, 1.54) is 18.4 Å². The number of likely N-dealkylation sites (tertiary alicyclic amines) is 1. The maximum Gasteiger partial charge on any atom is 0.258 e. The second-order valence-electron chi connectivity index (χ2n) is 7.48. The molecular formula is C23H26N2O2. The molecule has 1 saturated heterocycles. The molecule has 0 radical (unpaired) electrons. The van der Waals surface area contributed by atoms with Crippen LogP contribution in [0.1, 0.15) is 58.4 Å². The van der Waals surface area contributed by atoms with Gasteiger partial charge in [0.2, 0.25) is 0 Å². The molecule has 0 spiro atoms. The van der Waals surface area contributed by atoms with Gasteiger partial charge in [-0.1, -0.05) is 37.1 Å². The molecule has 4 rings (SSSR count). The molecule has 2 aliphatic heterocycles. The van der Waals surface area contributed by atoms with E-state index in [9.17, 15) is 9.59 Å². The quantitative estimate of drug-likeness (QED) is 0.799. The summed E-state index contributed by atoms with van der Waals surface area (Å²) in [4.78, 5) is 29.9. The number of amides is 2. The Labute approximate surface area is 160 Å².